The van der Waals surface area contributed by atoms with Crippen molar-refractivity contribution in [1.29, 1.82) is 0 Å². The molecule has 1 aliphatic rings. The van der Waals surface area contributed by atoms with E-state index < -0.39 is 0 Å². The van der Waals surface area contributed by atoms with Crippen LogP contribution in [-0.2, 0) is 6.54 Å². The second kappa shape index (κ2) is 7.53. The minimum atomic E-state index is -0.306. The smallest absolute Gasteiger partial charge is 0.292 e. The van der Waals surface area contributed by atoms with Crippen LogP contribution >= 0.6 is 0 Å². The van der Waals surface area contributed by atoms with Gasteiger partial charge < -0.3 is 9.64 Å². The molecule has 0 amide bonds. The first-order chi connectivity index (χ1) is 12.1. The van der Waals surface area contributed by atoms with Crippen molar-refractivity contribution in [2.24, 2.45) is 0 Å². The van der Waals surface area contributed by atoms with Crippen molar-refractivity contribution < 1.29 is 9.66 Å². The maximum atomic E-state index is 11.2. The molecule has 6 nitrogen and oxygen atoms in total. The third-order valence-electron chi connectivity index (χ3n) is 4.62. The van der Waals surface area contributed by atoms with Gasteiger partial charge in [0.15, 0.2) is 0 Å². The van der Waals surface area contributed by atoms with E-state index in [-0.39, 0.29) is 10.6 Å². The molecular weight excluding hydrogens is 318 g/mol. The topological polar surface area (TPSA) is 58.8 Å². The molecule has 0 aliphatic carbocycles. The SMILES string of the molecule is COc1ccc(C)cc1CN1CCN(c2ccccc2[N+](=O)[O-])CC1. The van der Waals surface area contributed by atoms with E-state index in [1.165, 1.54) is 11.1 Å². The quantitative estimate of drug-likeness (QED) is 0.617. The van der Waals surface area contributed by atoms with Crippen LogP contribution in [0.3, 0.4) is 0 Å². The zero-order valence-corrected chi connectivity index (χ0v) is 14.6. The van der Waals surface area contributed by atoms with Crippen molar-refractivity contribution in [3.63, 3.8) is 0 Å². The minimum absolute atomic E-state index is 0.177. The molecule has 1 heterocycles. The second-order valence-corrected chi connectivity index (χ2v) is 6.32. The van der Waals surface area contributed by atoms with Gasteiger partial charge in [-0.2, -0.15) is 0 Å². The average Bonchev–Trinajstić information content (AvgIpc) is 2.62. The van der Waals surface area contributed by atoms with E-state index in [4.69, 9.17) is 4.74 Å². The van der Waals surface area contributed by atoms with Crippen LogP contribution in [0.2, 0.25) is 0 Å². The highest BCUT2D eigenvalue weighted by molar-refractivity contribution is 5.63. The Morgan fingerprint density at radius 1 is 1.12 bits per heavy atom. The first kappa shape index (κ1) is 17.2. The Morgan fingerprint density at radius 3 is 2.52 bits per heavy atom. The molecule has 0 spiro atoms. The maximum Gasteiger partial charge on any atom is 0.292 e. The van der Waals surface area contributed by atoms with Crippen molar-refractivity contribution in [2.75, 3.05) is 38.2 Å². The molecule has 3 rings (SSSR count). The van der Waals surface area contributed by atoms with Gasteiger partial charge in [0.2, 0.25) is 0 Å². The fourth-order valence-corrected chi connectivity index (χ4v) is 3.30. The van der Waals surface area contributed by atoms with E-state index in [1.54, 1.807) is 19.2 Å². The summed E-state index contributed by atoms with van der Waals surface area (Å²) in [4.78, 5) is 15.4. The predicted octanol–water partition coefficient (Wildman–Crippen LogP) is 3.23. The first-order valence-corrected chi connectivity index (χ1v) is 8.42. The summed E-state index contributed by atoms with van der Waals surface area (Å²) in [5.41, 5.74) is 3.28. The van der Waals surface area contributed by atoms with Gasteiger partial charge in [-0.3, -0.25) is 15.0 Å². The van der Waals surface area contributed by atoms with E-state index in [0.717, 1.165) is 38.5 Å². The van der Waals surface area contributed by atoms with Gasteiger partial charge in [0, 0.05) is 44.4 Å². The molecule has 1 saturated heterocycles. The molecule has 132 valence electrons. The van der Waals surface area contributed by atoms with Crippen LogP contribution in [0.25, 0.3) is 0 Å². The lowest BCUT2D eigenvalue weighted by Crippen LogP contribution is -2.46. The summed E-state index contributed by atoms with van der Waals surface area (Å²) >= 11 is 0. The van der Waals surface area contributed by atoms with Gasteiger partial charge in [0.05, 0.1) is 12.0 Å². The number of benzene rings is 2. The highest BCUT2D eigenvalue weighted by Crippen LogP contribution is 2.29. The molecule has 1 aliphatic heterocycles. The normalized spacial score (nSPS) is 15.2. The summed E-state index contributed by atoms with van der Waals surface area (Å²) in [6.07, 6.45) is 0. The fraction of sp³-hybridized carbons (Fsp3) is 0.368. The van der Waals surface area contributed by atoms with Gasteiger partial charge in [-0.25, -0.2) is 0 Å². The number of nitro groups is 1. The number of methoxy groups -OCH3 is 1. The Kier molecular flexibility index (Phi) is 5.19. The van der Waals surface area contributed by atoms with E-state index in [1.807, 2.05) is 18.2 Å². The number of nitrogens with zero attached hydrogens (tertiary/aromatic N) is 3. The number of hydrogen-bond donors (Lipinski definition) is 0. The lowest BCUT2D eigenvalue weighted by atomic mass is 10.1. The largest absolute Gasteiger partial charge is 0.496 e. The zero-order valence-electron chi connectivity index (χ0n) is 14.6. The van der Waals surface area contributed by atoms with Crippen LogP contribution in [0.1, 0.15) is 11.1 Å². The second-order valence-electron chi connectivity index (χ2n) is 6.32. The number of ether oxygens (including phenoxy) is 1. The summed E-state index contributed by atoms with van der Waals surface area (Å²) in [6, 6.07) is 13.2. The van der Waals surface area contributed by atoms with Gasteiger partial charge in [-0.1, -0.05) is 29.8 Å². The van der Waals surface area contributed by atoms with E-state index in [9.17, 15) is 10.1 Å². The lowest BCUT2D eigenvalue weighted by molar-refractivity contribution is -0.384. The van der Waals surface area contributed by atoms with Crippen LogP contribution in [0.4, 0.5) is 11.4 Å². The molecule has 0 unspecified atom stereocenters. The third kappa shape index (κ3) is 3.91. The number of para-hydroxylation sites is 2. The summed E-state index contributed by atoms with van der Waals surface area (Å²) < 4.78 is 5.46. The molecule has 0 N–H and O–H groups in total. The number of rotatable bonds is 5. The van der Waals surface area contributed by atoms with E-state index in [0.29, 0.717) is 5.69 Å². The highest BCUT2D eigenvalue weighted by Gasteiger charge is 2.23. The van der Waals surface area contributed by atoms with Gasteiger partial charge in [-0.05, 0) is 19.1 Å². The van der Waals surface area contributed by atoms with Crippen molar-refractivity contribution in [2.45, 2.75) is 13.5 Å². The van der Waals surface area contributed by atoms with Gasteiger partial charge in [0.1, 0.15) is 11.4 Å². The number of piperazine rings is 1. The lowest BCUT2D eigenvalue weighted by Gasteiger charge is -2.36. The van der Waals surface area contributed by atoms with Crippen molar-refractivity contribution in [3.05, 3.63) is 63.7 Å². The Bertz CT molecular complexity index is 755. The summed E-state index contributed by atoms with van der Waals surface area (Å²) in [5.74, 6) is 0.909. The van der Waals surface area contributed by atoms with Crippen molar-refractivity contribution in [3.8, 4) is 5.75 Å². The Morgan fingerprint density at radius 2 is 1.84 bits per heavy atom. The molecule has 0 radical (unpaired) electrons. The van der Waals surface area contributed by atoms with Gasteiger partial charge in [0.25, 0.3) is 5.69 Å². The van der Waals surface area contributed by atoms with E-state index in [2.05, 4.69) is 28.9 Å². The van der Waals surface area contributed by atoms with Crippen LogP contribution in [0.15, 0.2) is 42.5 Å². The number of anilines is 1. The number of aryl methyl sites for hydroxylation is 1. The number of hydrogen-bond acceptors (Lipinski definition) is 5. The van der Waals surface area contributed by atoms with Gasteiger partial charge >= 0.3 is 0 Å². The zero-order chi connectivity index (χ0) is 17.8. The molecule has 25 heavy (non-hydrogen) atoms. The molecule has 2 aromatic carbocycles. The van der Waals surface area contributed by atoms with Crippen LogP contribution < -0.4 is 9.64 Å². The highest BCUT2D eigenvalue weighted by atomic mass is 16.6. The van der Waals surface area contributed by atoms with E-state index >= 15 is 0 Å². The Balaban J connectivity index is 1.67. The third-order valence-corrected chi connectivity index (χ3v) is 4.62. The average molecular weight is 341 g/mol. The summed E-state index contributed by atoms with van der Waals surface area (Å²) in [7, 11) is 1.70. The predicted molar refractivity (Wildman–Crippen MR) is 98.3 cm³/mol. The number of nitro benzene ring substituents is 1. The molecular formula is C19H23N3O3. The van der Waals surface area contributed by atoms with Crippen LogP contribution in [0.5, 0.6) is 5.75 Å². The molecule has 0 bridgehead atoms. The first-order valence-electron chi connectivity index (χ1n) is 8.42. The maximum absolute atomic E-state index is 11.2. The molecule has 0 saturated carbocycles. The molecule has 0 aromatic heterocycles. The molecule has 6 heteroatoms. The molecule has 2 aromatic rings. The summed E-state index contributed by atoms with van der Waals surface area (Å²) in [5, 5.41) is 11.2. The van der Waals surface area contributed by atoms with Crippen LogP contribution in [0, 0.1) is 17.0 Å². The monoisotopic (exact) mass is 341 g/mol. The van der Waals surface area contributed by atoms with Gasteiger partial charge in [-0.15, -0.1) is 0 Å². The summed E-state index contributed by atoms with van der Waals surface area (Å²) in [6.45, 7) is 6.19. The molecule has 0 atom stereocenters. The molecule has 1 fully saturated rings. The van der Waals surface area contributed by atoms with Crippen molar-refractivity contribution >= 4 is 11.4 Å². The minimum Gasteiger partial charge on any atom is -0.496 e. The fourth-order valence-electron chi connectivity index (χ4n) is 3.30. The standard InChI is InChI=1S/C19H23N3O3/c1-15-7-8-19(25-2)16(13-15)14-20-9-11-21(12-10-20)17-5-3-4-6-18(17)22(23)24/h3-8,13H,9-12,14H2,1-2H3. The Labute approximate surface area is 147 Å². The Hall–Kier alpha value is -2.60. The van der Waals surface area contributed by atoms with Crippen molar-refractivity contribution in [1.82, 2.24) is 4.90 Å². The van der Waals surface area contributed by atoms with Crippen LogP contribution in [-0.4, -0.2) is 43.1 Å².